The van der Waals surface area contributed by atoms with Crippen LogP contribution >= 0.6 is 0 Å². The van der Waals surface area contributed by atoms with E-state index in [1.54, 1.807) is 14.2 Å². The molecule has 1 atom stereocenters. The molecule has 0 saturated carbocycles. The summed E-state index contributed by atoms with van der Waals surface area (Å²) in [7, 11) is 1.81. The summed E-state index contributed by atoms with van der Waals surface area (Å²) in [5.74, 6) is 0. The molecule has 2 heteroatoms. The van der Waals surface area contributed by atoms with E-state index in [-0.39, 0.29) is 6.00 Å². The summed E-state index contributed by atoms with van der Waals surface area (Å²) in [6, 6.07) is 9.43. The van der Waals surface area contributed by atoms with Crippen molar-refractivity contribution in [2.75, 3.05) is 0 Å². The molecule has 0 aliphatic rings. The summed E-state index contributed by atoms with van der Waals surface area (Å²) >= 11 is 0. The van der Waals surface area contributed by atoms with E-state index in [9.17, 15) is 0 Å². The monoisotopic (exact) mass is 133 g/mol. The lowest BCUT2D eigenvalue weighted by Gasteiger charge is -1.99. The van der Waals surface area contributed by atoms with Crippen molar-refractivity contribution in [3.63, 3.8) is 0 Å². The summed E-state index contributed by atoms with van der Waals surface area (Å²) in [6.45, 7) is 1.74. The fourth-order valence-electron chi connectivity index (χ4n) is 0.843. The van der Waals surface area contributed by atoms with Crippen molar-refractivity contribution in [2.24, 2.45) is 0 Å². The maximum atomic E-state index is 8.95. The van der Waals surface area contributed by atoms with Gasteiger partial charge in [0.05, 0.1) is 0 Å². The minimum atomic E-state index is -0.359. The molecular weight excluding hydrogens is 123 g/mol. The predicted octanol–water partition coefficient (Wildman–Crippen LogP) is 0.354. The highest BCUT2D eigenvalue weighted by Gasteiger charge is 1.98. The molecule has 10 heavy (non-hydrogen) atoms. The van der Waals surface area contributed by atoms with E-state index in [0.717, 1.165) is 5.46 Å². The standard InChI is InChI=1S/C8H10BO/c1-7(10)9-8-5-3-2-4-6-8/h2-7,10H,1H3. The van der Waals surface area contributed by atoms with Crippen molar-refractivity contribution < 1.29 is 5.11 Å². The Morgan fingerprint density at radius 2 is 1.90 bits per heavy atom. The molecule has 1 nitrogen and oxygen atoms in total. The van der Waals surface area contributed by atoms with Gasteiger partial charge in [-0.1, -0.05) is 35.8 Å². The van der Waals surface area contributed by atoms with E-state index in [2.05, 4.69) is 0 Å². The molecule has 1 aromatic rings. The summed E-state index contributed by atoms with van der Waals surface area (Å²) in [5, 5.41) is 8.95. The van der Waals surface area contributed by atoms with Crippen molar-refractivity contribution in [1.29, 1.82) is 0 Å². The minimum absolute atomic E-state index is 0.359. The van der Waals surface area contributed by atoms with Gasteiger partial charge in [-0.25, -0.2) is 0 Å². The summed E-state index contributed by atoms with van der Waals surface area (Å²) in [5.41, 5.74) is 1.07. The Labute approximate surface area is 61.9 Å². The molecule has 51 valence electrons. The Morgan fingerprint density at radius 1 is 1.30 bits per heavy atom. The van der Waals surface area contributed by atoms with E-state index in [4.69, 9.17) is 5.11 Å². The zero-order valence-electron chi connectivity index (χ0n) is 5.99. The fraction of sp³-hybridized carbons (Fsp3) is 0.250. The van der Waals surface area contributed by atoms with Crippen molar-refractivity contribution in [3.05, 3.63) is 30.3 Å². The third-order valence-corrected chi connectivity index (χ3v) is 1.23. The van der Waals surface area contributed by atoms with Crippen molar-refractivity contribution >= 4 is 12.7 Å². The highest BCUT2D eigenvalue weighted by Crippen LogP contribution is 1.83. The molecule has 1 unspecified atom stereocenters. The lowest BCUT2D eigenvalue weighted by Crippen LogP contribution is -2.24. The van der Waals surface area contributed by atoms with Gasteiger partial charge < -0.3 is 5.11 Å². The van der Waals surface area contributed by atoms with Crippen LogP contribution < -0.4 is 5.46 Å². The van der Waals surface area contributed by atoms with E-state index in [0.29, 0.717) is 0 Å². The number of hydrogen-bond acceptors (Lipinski definition) is 1. The predicted molar refractivity (Wildman–Crippen MR) is 43.5 cm³/mol. The second-order valence-corrected chi connectivity index (χ2v) is 2.32. The van der Waals surface area contributed by atoms with Crippen LogP contribution in [0.3, 0.4) is 0 Å². The van der Waals surface area contributed by atoms with Gasteiger partial charge in [0.1, 0.15) is 0 Å². The third-order valence-electron chi connectivity index (χ3n) is 1.23. The minimum Gasteiger partial charge on any atom is -0.402 e. The third kappa shape index (κ3) is 2.23. The molecule has 1 N–H and O–H groups in total. The average Bonchev–Trinajstić information content (AvgIpc) is 1.88. The first-order valence-electron chi connectivity index (χ1n) is 3.37. The summed E-state index contributed by atoms with van der Waals surface area (Å²) in [4.78, 5) is 0. The normalized spacial score (nSPS) is 12.6. The van der Waals surface area contributed by atoms with E-state index >= 15 is 0 Å². The van der Waals surface area contributed by atoms with Crippen LogP contribution in [0, 0.1) is 0 Å². The van der Waals surface area contributed by atoms with Crippen LogP contribution in [-0.4, -0.2) is 18.4 Å². The summed E-state index contributed by atoms with van der Waals surface area (Å²) < 4.78 is 0. The van der Waals surface area contributed by atoms with Crippen LogP contribution in [-0.2, 0) is 0 Å². The number of aliphatic hydroxyl groups excluding tert-OH is 1. The van der Waals surface area contributed by atoms with E-state index < -0.39 is 0 Å². The molecule has 0 spiro atoms. The van der Waals surface area contributed by atoms with Gasteiger partial charge in [-0.05, 0) is 6.92 Å². The molecular formula is C8H10BO. The number of aliphatic hydroxyl groups is 1. The SMILES string of the molecule is CC(O)[B]c1ccccc1. The first-order chi connectivity index (χ1) is 4.79. The molecule has 1 aromatic carbocycles. The maximum absolute atomic E-state index is 8.95. The van der Waals surface area contributed by atoms with Gasteiger partial charge in [-0.2, -0.15) is 0 Å². The Morgan fingerprint density at radius 3 is 2.40 bits per heavy atom. The van der Waals surface area contributed by atoms with Gasteiger partial charge in [0.2, 0.25) is 0 Å². The molecule has 0 amide bonds. The zero-order chi connectivity index (χ0) is 7.40. The van der Waals surface area contributed by atoms with Gasteiger partial charge >= 0.3 is 0 Å². The van der Waals surface area contributed by atoms with Crippen LogP contribution in [0.2, 0.25) is 0 Å². The van der Waals surface area contributed by atoms with Gasteiger partial charge in [0.15, 0.2) is 7.28 Å². The highest BCUT2D eigenvalue weighted by atomic mass is 16.3. The number of benzene rings is 1. The fourth-order valence-corrected chi connectivity index (χ4v) is 0.843. The molecule has 0 aliphatic carbocycles. The van der Waals surface area contributed by atoms with Crippen molar-refractivity contribution in [3.8, 4) is 0 Å². The quantitative estimate of drug-likeness (QED) is 0.577. The van der Waals surface area contributed by atoms with E-state index in [1.807, 2.05) is 30.3 Å². The van der Waals surface area contributed by atoms with Gasteiger partial charge in [0.25, 0.3) is 0 Å². The number of hydrogen-bond donors (Lipinski definition) is 1. The first kappa shape index (κ1) is 7.35. The smallest absolute Gasteiger partial charge is 0.189 e. The molecule has 0 aromatic heterocycles. The van der Waals surface area contributed by atoms with Crippen molar-refractivity contribution in [2.45, 2.75) is 12.9 Å². The molecule has 0 bridgehead atoms. The summed E-state index contributed by atoms with van der Waals surface area (Å²) in [6.07, 6.45) is 0. The van der Waals surface area contributed by atoms with Crippen LogP contribution in [0.1, 0.15) is 6.92 Å². The Hall–Kier alpha value is -0.755. The molecule has 1 rings (SSSR count). The van der Waals surface area contributed by atoms with Crippen LogP contribution in [0.5, 0.6) is 0 Å². The van der Waals surface area contributed by atoms with Crippen LogP contribution in [0.4, 0.5) is 0 Å². The first-order valence-corrected chi connectivity index (χ1v) is 3.37. The molecule has 0 fully saturated rings. The van der Waals surface area contributed by atoms with Crippen LogP contribution in [0.15, 0.2) is 30.3 Å². The highest BCUT2D eigenvalue weighted by molar-refractivity contribution is 6.54. The van der Waals surface area contributed by atoms with Gasteiger partial charge in [-0.15, -0.1) is 0 Å². The zero-order valence-corrected chi connectivity index (χ0v) is 5.99. The second-order valence-electron chi connectivity index (χ2n) is 2.32. The lowest BCUT2D eigenvalue weighted by atomic mass is 9.66. The lowest BCUT2D eigenvalue weighted by molar-refractivity contribution is 0.274. The maximum Gasteiger partial charge on any atom is 0.189 e. The second kappa shape index (κ2) is 3.42. The Bertz CT molecular complexity index is 184. The van der Waals surface area contributed by atoms with Crippen molar-refractivity contribution in [1.82, 2.24) is 0 Å². The Balaban J connectivity index is 2.59. The average molecular weight is 133 g/mol. The molecule has 0 aliphatic heterocycles. The largest absolute Gasteiger partial charge is 0.402 e. The molecule has 0 heterocycles. The van der Waals surface area contributed by atoms with Gasteiger partial charge in [0, 0.05) is 6.00 Å². The topological polar surface area (TPSA) is 20.2 Å². The van der Waals surface area contributed by atoms with E-state index in [1.165, 1.54) is 0 Å². The number of rotatable bonds is 2. The van der Waals surface area contributed by atoms with Gasteiger partial charge in [-0.3, -0.25) is 0 Å². The van der Waals surface area contributed by atoms with Crippen LogP contribution in [0.25, 0.3) is 0 Å². The Kier molecular flexibility index (Phi) is 2.52. The molecule has 0 saturated heterocycles. The molecule has 1 radical (unpaired) electrons.